The van der Waals surface area contributed by atoms with E-state index in [1.54, 1.807) is 12.4 Å². The fourth-order valence-electron chi connectivity index (χ4n) is 3.44. The fraction of sp³-hybridized carbons (Fsp3) is 0.389. The lowest BCUT2D eigenvalue weighted by Crippen LogP contribution is -2.30. The maximum Gasteiger partial charge on any atom is 0.272 e. The highest BCUT2D eigenvalue weighted by atomic mass is 32.1. The largest absolute Gasteiger partial charge is 0.350 e. The van der Waals surface area contributed by atoms with Gasteiger partial charge in [-0.25, -0.2) is 4.98 Å². The summed E-state index contributed by atoms with van der Waals surface area (Å²) >= 11 is 1.54. The van der Waals surface area contributed by atoms with Gasteiger partial charge in [-0.05, 0) is 30.9 Å². The van der Waals surface area contributed by atoms with Crippen molar-refractivity contribution in [3.05, 3.63) is 41.8 Å². The number of aromatic nitrogens is 3. The van der Waals surface area contributed by atoms with E-state index in [1.165, 1.54) is 43.4 Å². The smallest absolute Gasteiger partial charge is 0.272 e. The molecule has 5 nitrogen and oxygen atoms in total. The van der Waals surface area contributed by atoms with Crippen LogP contribution >= 0.6 is 11.3 Å². The summed E-state index contributed by atoms with van der Waals surface area (Å²) in [7, 11) is 0. The van der Waals surface area contributed by atoms with Crippen LogP contribution in [0.2, 0.25) is 0 Å². The number of imidazole rings is 1. The Kier molecular flexibility index (Phi) is 4.30. The Labute approximate surface area is 144 Å². The third kappa shape index (κ3) is 2.94. The van der Waals surface area contributed by atoms with Crippen molar-refractivity contribution in [1.82, 2.24) is 19.7 Å². The normalized spacial score (nSPS) is 15.7. The van der Waals surface area contributed by atoms with E-state index in [2.05, 4.69) is 15.3 Å². The molecule has 1 N–H and O–H groups in total. The zero-order valence-corrected chi connectivity index (χ0v) is 14.3. The van der Waals surface area contributed by atoms with Crippen molar-refractivity contribution in [3.63, 3.8) is 0 Å². The number of nitrogens with zero attached hydrogens (tertiary/aromatic N) is 3. The number of thiazole rings is 1. The minimum Gasteiger partial charge on any atom is -0.350 e. The highest BCUT2D eigenvalue weighted by molar-refractivity contribution is 7.15. The van der Waals surface area contributed by atoms with Gasteiger partial charge in [-0.2, -0.15) is 0 Å². The van der Waals surface area contributed by atoms with E-state index in [9.17, 15) is 4.79 Å². The Morgan fingerprint density at radius 1 is 1.25 bits per heavy atom. The van der Waals surface area contributed by atoms with Gasteiger partial charge in [0.1, 0.15) is 0 Å². The molecule has 0 unspecified atom stereocenters. The molecule has 3 heterocycles. The lowest BCUT2D eigenvalue weighted by molar-refractivity contribution is 0.0940. The summed E-state index contributed by atoms with van der Waals surface area (Å²) in [6.07, 6.45) is 11.8. The van der Waals surface area contributed by atoms with Gasteiger partial charge in [0.2, 0.25) is 0 Å². The molecule has 1 aliphatic carbocycles. The third-order valence-corrected chi connectivity index (χ3v) is 5.46. The first-order chi connectivity index (χ1) is 11.8. The molecule has 0 radical (unpaired) electrons. The average Bonchev–Trinajstić information content (AvgIpc) is 3.22. The summed E-state index contributed by atoms with van der Waals surface area (Å²) in [6.45, 7) is 0.750. The monoisotopic (exact) mass is 340 g/mol. The molecule has 1 saturated carbocycles. The SMILES string of the molecule is O=C(NCC1CCCCC1)c1nc2sccn2c1-c1ccncc1. The van der Waals surface area contributed by atoms with E-state index in [1.807, 2.05) is 28.1 Å². The van der Waals surface area contributed by atoms with Gasteiger partial charge in [-0.1, -0.05) is 19.3 Å². The molecule has 3 aromatic heterocycles. The molecule has 0 atom stereocenters. The van der Waals surface area contributed by atoms with Crippen molar-refractivity contribution in [2.24, 2.45) is 5.92 Å². The molecule has 1 amide bonds. The highest BCUT2D eigenvalue weighted by Crippen LogP contribution is 2.27. The summed E-state index contributed by atoms with van der Waals surface area (Å²) in [5.41, 5.74) is 2.30. The van der Waals surface area contributed by atoms with Crippen LogP contribution in [0.25, 0.3) is 16.2 Å². The van der Waals surface area contributed by atoms with Gasteiger partial charge in [0.05, 0.1) is 5.69 Å². The Morgan fingerprint density at radius 3 is 2.83 bits per heavy atom. The predicted octanol–water partition coefficient (Wildman–Crippen LogP) is 3.77. The summed E-state index contributed by atoms with van der Waals surface area (Å²) in [5.74, 6) is 0.527. The summed E-state index contributed by atoms with van der Waals surface area (Å²) in [6, 6.07) is 3.83. The molecular weight excluding hydrogens is 320 g/mol. The van der Waals surface area contributed by atoms with Gasteiger partial charge < -0.3 is 5.32 Å². The Morgan fingerprint density at radius 2 is 2.04 bits per heavy atom. The molecule has 0 bridgehead atoms. The van der Waals surface area contributed by atoms with Crippen LogP contribution in [0, 0.1) is 5.92 Å². The van der Waals surface area contributed by atoms with Gasteiger partial charge in [-0.3, -0.25) is 14.2 Å². The molecule has 124 valence electrons. The molecular formula is C18H20N4OS. The van der Waals surface area contributed by atoms with Gasteiger partial charge in [-0.15, -0.1) is 11.3 Å². The molecule has 1 fully saturated rings. The van der Waals surface area contributed by atoms with Crippen LogP contribution in [0.3, 0.4) is 0 Å². The first-order valence-corrected chi connectivity index (χ1v) is 9.35. The molecule has 4 rings (SSSR count). The van der Waals surface area contributed by atoms with Crippen molar-refractivity contribution >= 4 is 22.2 Å². The molecule has 3 aromatic rings. The number of carbonyl (C=O) groups excluding carboxylic acids is 1. The van der Waals surface area contributed by atoms with Crippen LogP contribution in [-0.2, 0) is 0 Å². The van der Waals surface area contributed by atoms with Crippen molar-refractivity contribution in [1.29, 1.82) is 0 Å². The molecule has 0 aliphatic heterocycles. The van der Waals surface area contributed by atoms with E-state index in [0.717, 1.165) is 22.8 Å². The zero-order valence-electron chi connectivity index (χ0n) is 13.4. The number of hydrogen-bond donors (Lipinski definition) is 1. The predicted molar refractivity (Wildman–Crippen MR) is 95.2 cm³/mol. The quantitative estimate of drug-likeness (QED) is 0.786. The van der Waals surface area contributed by atoms with Crippen molar-refractivity contribution in [2.45, 2.75) is 32.1 Å². The van der Waals surface area contributed by atoms with Gasteiger partial charge in [0.15, 0.2) is 10.7 Å². The highest BCUT2D eigenvalue weighted by Gasteiger charge is 2.22. The number of nitrogens with one attached hydrogen (secondary N) is 1. The van der Waals surface area contributed by atoms with E-state index in [0.29, 0.717) is 11.6 Å². The second-order valence-corrected chi connectivity index (χ2v) is 7.19. The first-order valence-electron chi connectivity index (χ1n) is 8.47. The van der Waals surface area contributed by atoms with Gasteiger partial charge in [0.25, 0.3) is 5.91 Å². The fourth-order valence-corrected chi connectivity index (χ4v) is 4.16. The van der Waals surface area contributed by atoms with Crippen LogP contribution < -0.4 is 5.32 Å². The van der Waals surface area contributed by atoms with Crippen LogP contribution in [0.15, 0.2) is 36.1 Å². The molecule has 6 heteroatoms. The van der Waals surface area contributed by atoms with Gasteiger partial charge >= 0.3 is 0 Å². The topological polar surface area (TPSA) is 59.3 Å². The summed E-state index contributed by atoms with van der Waals surface area (Å²) < 4.78 is 1.98. The third-order valence-electron chi connectivity index (χ3n) is 4.71. The van der Waals surface area contributed by atoms with Crippen LogP contribution in [0.4, 0.5) is 0 Å². The van der Waals surface area contributed by atoms with Crippen molar-refractivity contribution in [2.75, 3.05) is 6.54 Å². The molecule has 1 aliphatic rings. The Hall–Kier alpha value is -2.21. The number of fused-ring (bicyclic) bond motifs is 1. The number of carbonyl (C=O) groups is 1. The standard InChI is InChI=1S/C18H20N4OS/c23-17(20-12-13-4-2-1-3-5-13)15-16(14-6-8-19-9-7-14)22-10-11-24-18(22)21-15/h6-11,13H,1-5,12H2,(H,20,23). The van der Waals surface area contributed by atoms with Gasteiger partial charge in [0, 0.05) is 36.1 Å². The number of rotatable bonds is 4. The van der Waals surface area contributed by atoms with Crippen molar-refractivity contribution in [3.8, 4) is 11.3 Å². The van der Waals surface area contributed by atoms with Crippen LogP contribution in [0.1, 0.15) is 42.6 Å². The number of amides is 1. The van der Waals surface area contributed by atoms with E-state index in [4.69, 9.17) is 0 Å². The second kappa shape index (κ2) is 6.73. The Bertz CT molecular complexity index is 833. The maximum absolute atomic E-state index is 12.8. The minimum absolute atomic E-state index is 0.0803. The maximum atomic E-state index is 12.8. The summed E-state index contributed by atoms with van der Waals surface area (Å²) in [5, 5.41) is 5.09. The number of pyridine rings is 1. The minimum atomic E-state index is -0.0803. The van der Waals surface area contributed by atoms with Crippen LogP contribution in [0.5, 0.6) is 0 Å². The molecule has 0 saturated heterocycles. The van der Waals surface area contributed by atoms with E-state index in [-0.39, 0.29) is 5.91 Å². The lowest BCUT2D eigenvalue weighted by Gasteiger charge is -2.21. The second-order valence-electron chi connectivity index (χ2n) is 6.31. The molecule has 0 aromatic carbocycles. The lowest BCUT2D eigenvalue weighted by atomic mass is 9.89. The number of hydrogen-bond acceptors (Lipinski definition) is 4. The molecule has 24 heavy (non-hydrogen) atoms. The summed E-state index contributed by atoms with van der Waals surface area (Å²) in [4.78, 5) is 22.2. The van der Waals surface area contributed by atoms with Crippen LogP contribution in [-0.4, -0.2) is 26.8 Å². The average molecular weight is 340 g/mol. The first kappa shape index (κ1) is 15.3. The van der Waals surface area contributed by atoms with Crippen molar-refractivity contribution < 1.29 is 4.79 Å². The van der Waals surface area contributed by atoms with E-state index >= 15 is 0 Å². The zero-order chi connectivity index (χ0) is 16.4. The van der Waals surface area contributed by atoms with E-state index < -0.39 is 0 Å². The Balaban J connectivity index is 1.61. The molecule has 0 spiro atoms.